The molecule has 0 bridgehead atoms. The highest BCUT2D eigenvalue weighted by molar-refractivity contribution is 5.86. The van der Waals surface area contributed by atoms with E-state index in [0.29, 0.717) is 0 Å². The molecule has 0 radical (unpaired) electrons. The molecule has 2 aromatic rings. The molecule has 0 aliphatic carbocycles. The summed E-state index contributed by atoms with van der Waals surface area (Å²) in [5, 5.41) is 2.45. The van der Waals surface area contributed by atoms with E-state index in [1.54, 1.807) is 0 Å². The largest absolute Gasteiger partial charge is 0.363 e. The van der Waals surface area contributed by atoms with Crippen LogP contribution in [0.1, 0.15) is 24.5 Å². The third-order valence-corrected chi connectivity index (χ3v) is 3.37. The van der Waals surface area contributed by atoms with E-state index in [9.17, 15) is 4.79 Å². The van der Waals surface area contributed by atoms with Crippen LogP contribution >= 0.6 is 0 Å². The van der Waals surface area contributed by atoms with E-state index in [1.807, 2.05) is 12.1 Å². The SMILES string of the molecule is O=C[C@@H]1CC[C@H](c2cccc3ccccc23)O1. The summed E-state index contributed by atoms with van der Waals surface area (Å²) in [7, 11) is 0. The fraction of sp³-hybridized carbons (Fsp3) is 0.267. The molecule has 1 aliphatic heterocycles. The monoisotopic (exact) mass is 226 g/mol. The van der Waals surface area contributed by atoms with E-state index in [-0.39, 0.29) is 12.2 Å². The van der Waals surface area contributed by atoms with Gasteiger partial charge >= 0.3 is 0 Å². The molecular weight excluding hydrogens is 212 g/mol. The molecule has 2 nitrogen and oxygen atoms in total. The third kappa shape index (κ3) is 1.85. The summed E-state index contributed by atoms with van der Waals surface area (Å²) in [6.45, 7) is 0. The molecule has 2 atom stereocenters. The molecule has 1 fully saturated rings. The summed E-state index contributed by atoms with van der Waals surface area (Å²) in [6, 6.07) is 14.5. The van der Waals surface area contributed by atoms with Crippen LogP contribution < -0.4 is 0 Å². The Bertz CT molecular complexity index is 542. The van der Waals surface area contributed by atoms with Crippen molar-refractivity contribution in [3.05, 3.63) is 48.0 Å². The molecule has 2 heteroatoms. The van der Waals surface area contributed by atoms with E-state index in [1.165, 1.54) is 16.3 Å². The Morgan fingerprint density at radius 3 is 2.71 bits per heavy atom. The number of ether oxygens (including phenoxy) is 1. The average Bonchev–Trinajstić information content (AvgIpc) is 2.87. The maximum absolute atomic E-state index is 10.7. The summed E-state index contributed by atoms with van der Waals surface area (Å²) >= 11 is 0. The highest BCUT2D eigenvalue weighted by atomic mass is 16.5. The lowest BCUT2D eigenvalue weighted by Crippen LogP contribution is -2.07. The second-order valence-corrected chi connectivity index (χ2v) is 4.44. The Morgan fingerprint density at radius 1 is 1.06 bits per heavy atom. The first-order chi connectivity index (χ1) is 8.38. The highest BCUT2D eigenvalue weighted by Crippen LogP contribution is 2.35. The number of carbonyl (C=O) groups is 1. The topological polar surface area (TPSA) is 26.3 Å². The molecule has 1 saturated heterocycles. The molecule has 2 aromatic carbocycles. The van der Waals surface area contributed by atoms with Crippen LogP contribution in [-0.2, 0) is 9.53 Å². The van der Waals surface area contributed by atoms with Gasteiger partial charge in [0, 0.05) is 0 Å². The summed E-state index contributed by atoms with van der Waals surface area (Å²) in [6.07, 6.45) is 2.51. The van der Waals surface area contributed by atoms with Gasteiger partial charge in [-0.15, -0.1) is 0 Å². The smallest absolute Gasteiger partial charge is 0.148 e. The normalized spacial score (nSPS) is 24.0. The van der Waals surface area contributed by atoms with Crippen LogP contribution in [0.3, 0.4) is 0 Å². The molecule has 1 aliphatic rings. The number of carbonyl (C=O) groups excluding carboxylic acids is 1. The number of rotatable bonds is 2. The predicted octanol–water partition coefficient (Wildman–Crippen LogP) is 3.26. The predicted molar refractivity (Wildman–Crippen MR) is 66.9 cm³/mol. The minimum Gasteiger partial charge on any atom is -0.363 e. The summed E-state index contributed by atoms with van der Waals surface area (Å²) in [5.41, 5.74) is 1.20. The Morgan fingerprint density at radius 2 is 1.88 bits per heavy atom. The van der Waals surface area contributed by atoms with E-state index < -0.39 is 0 Å². The molecule has 0 aromatic heterocycles. The van der Waals surface area contributed by atoms with Gasteiger partial charge in [-0.05, 0) is 29.2 Å². The fourth-order valence-corrected chi connectivity index (χ4v) is 2.52. The Labute approximate surface area is 100 Å². The third-order valence-electron chi connectivity index (χ3n) is 3.37. The van der Waals surface area contributed by atoms with Crippen molar-refractivity contribution in [1.29, 1.82) is 0 Å². The standard InChI is InChI=1S/C15H14O2/c16-10-12-8-9-15(17-12)14-7-3-5-11-4-1-2-6-13(11)14/h1-7,10,12,15H,8-9H2/t12-,15+/m0/s1. The van der Waals surface area contributed by atoms with Gasteiger partial charge in [-0.1, -0.05) is 42.5 Å². The zero-order chi connectivity index (χ0) is 11.7. The van der Waals surface area contributed by atoms with Gasteiger partial charge in [-0.25, -0.2) is 0 Å². The molecule has 0 unspecified atom stereocenters. The van der Waals surface area contributed by atoms with Crippen molar-refractivity contribution in [2.45, 2.75) is 25.0 Å². The molecule has 1 heterocycles. The van der Waals surface area contributed by atoms with Crippen LogP contribution in [0.25, 0.3) is 10.8 Å². The van der Waals surface area contributed by atoms with Gasteiger partial charge < -0.3 is 9.53 Å². The summed E-state index contributed by atoms with van der Waals surface area (Å²) in [4.78, 5) is 10.7. The quantitative estimate of drug-likeness (QED) is 0.735. The lowest BCUT2D eigenvalue weighted by Gasteiger charge is -2.13. The van der Waals surface area contributed by atoms with Crippen molar-refractivity contribution >= 4 is 17.1 Å². The number of hydrogen-bond acceptors (Lipinski definition) is 2. The zero-order valence-electron chi connectivity index (χ0n) is 9.50. The molecule has 86 valence electrons. The van der Waals surface area contributed by atoms with Crippen molar-refractivity contribution in [3.63, 3.8) is 0 Å². The molecule has 0 saturated carbocycles. The number of fused-ring (bicyclic) bond motifs is 1. The number of hydrogen-bond donors (Lipinski definition) is 0. The minimum absolute atomic E-state index is 0.0660. The molecule has 0 spiro atoms. The molecule has 0 N–H and O–H groups in total. The molecule has 0 amide bonds. The van der Waals surface area contributed by atoms with Crippen molar-refractivity contribution < 1.29 is 9.53 Å². The second kappa shape index (κ2) is 4.30. The van der Waals surface area contributed by atoms with E-state index in [0.717, 1.165) is 19.1 Å². The van der Waals surface area contributed by atoms with Crippen molar-refractivity contribution in [2.24, 2.45) is 0 Å². The van der Waals surface area contributed by atoms with Crippen LogP contribution in [0.5, 0.6) is 0 Å². The van der Waals surface area contributed by atoms with Gasteiger partial charge in [-0.3, -0.25) is 0 Å². The van der Waals surface area contributed by atoms with Crippen molar-refractivity contribution in [2.75, 3.05) is 0 Å². The lowest BCUT2D eigenvalue weighted by molar-refractivity contribution is -0.117. The Kier molecular flexibility index (Phi) is 2.65. The van der Waals surface area contributed by atoms with Gasteiger partial charge in [0.1, 0.15) is 12.4 Å². The van der Waals surface area contributed by atoms with Crippen LogP contribution in [0.4, 0.5) is 0 Å². The molecular formula is C15H14O2. The molecule has 3 rings (SSSR count). The first-order valence-electron chi connectivity index (χ1n) is 5.97. The van der Waals surface area contributed by atoms with Crippen molar-refractivity contribution in [3.8, 4) is 0 Å². The van der Waals surface area contributed by atoms with Crippen LogP contribution in [-0.4, -0.2) is 12.4 Å². The minimum atomic E-state index is -0.223. The van der Waals surface area contributed by atoms with Crippen LogP contribution in [0.15, 0.2) is 42.5 Å². The maximum atomic E-state index is 10.7. The van der Waals surface area contributed by atoms with Crippen LogP contribution in [0.2, 0.25) is 0 Å². The van der Waals surface area contributed by atoms with Crippen LogP contribution in [0, 0.1) is 0 Å². The maximum Gasteiger partial charge on any atom is 0.148 e. The van der Waals surface area contributed by atoms with Gasteiger partial charge in [0.2, 0.25) is 0 Å². The first-order valence-corrected chi connectivity index (χ1v) is 5.97. The fourth-order valence-electron chi connectivity index (χ4n) is 2.52. The zero-order valence-corrected chi connectivity index (χ0v) is 9.50. The van der Waals surface area contributed by atoms with E-state index in [2.05, 4.69) is 30.3 Å². The average molecular weight is 226 g/mol. The summed E-state index contributed by atoms with van der Waals surface area (Å²) < 4.78 is 5.74. The number of aldehydes is 1. The summed E-state index contributed by atoms with van der Waals surface area (Å²) in [5.74, 6) is 0. The van der Waals surface area contributed by atoms with Gasteiger partial charge in [0.15, 0.2) is 0 Å². The highest BCUT2D eigenvalue weighted by Gasteiger charge is 2.26. The van der Waals surface area contributed by atoms with E-state index in [4.69, 9.17) is 4.74 Å². The first kappa shape index (κ1) is 10.5. The van der Waals surface area contributed by atoms with Gasteiger partial charge in [0.05, 0.1) is 6.10 Å². The Hall–Kier alpha value is -1.67. The van der Waals surface area contributed by atoms with Gasteiger partial charge in [-0.2, -0.15) is 0 Å². The van der Waals surface area contributed by atoms with Gasteiger partial charge in [0.25, 0.3) is 0 Å². The number of benzene rings is 2. The molecule has 17 heavy (non-hydrogen) atoms. The van der Waals surface area contributed by atoms with Crippen molar-refractivity contribution in [1.82, 2.24) is 0 Å². The van der Waals surface area contributed by atoms with E-state index >= 15 is 0 Å². The Balaban J connectivity index is 2.03. The lowest BCUT2D eigenvalue weighted by atomic mass is 9.99. The second-order valence-electron chi connectivity index (χ2n) is 4.44.